The number of unbranched alkanes of at least 4 members (excludes halogenated alkanes) is 5. The van der Waals surface area contributed by atoms with Crippen LogP contribution in [0.3, 0.4) is 0 Å². The molecule has 2 amide bonds. The summed E-state index contributed by atoms with van der Waals surface area (Å²) in [5.41, 5.74) is 2.71. The van der Waals surface area contributed by atoms with Gasteiger partial charge < -0.3 is 19.0 Å². The van der Waals surface area contributed by atoms with Crippen molar-refractivity contribution in [3.05, 3.63) is 81.7 Å². The first-order valence-electron chi connectivity index (χ1n) is 15.2. The van der Waals surface area contributed by atoms with E-state index >= 15 is 0 Å². The highest BCUT2D eigenvalue weighted by molar-refractivity contribution is 5.85. The molecule has 1 fully saturated rings. The first-order chi connectivity index (χ1) is 19.9. The molecule has 4 rings (SSSR count). The van der Waals surface area contributed by atoms with E-state index in [2.05, 4.69) is 6.92 Å². The maximum Gasteiger partial charge on any atom is 0.242 e. The number of ether oxygens (including phenoxy) is 1. The first kappa shape index (κ1) is 30.5. The number of aryl methyl sites for hydroxylation is 1. The van der Waals surface area contributed by atoms with Gasteiger partial charge in [0, 0.05) is 26.1 Å². The van der Waals surface area contributed by atoms with E-state index in [0.29, 0.717) is 42.6 Å². The van der Waals surface area contributed by atoms with Crippen molar-refractivity contribution in [2.24, 2.45) is 0 Å². The fraction of sp³-hybridized carbons (Fsp3) is 0.500. The van der Waals surface area contributed by atoms with Crippen LogP contribution in [0.15, 0.2) is 64.0 Å². The molecule has 7 nitrogen and oxygen atoms in total. The number of rotatable bonds is 15. The molecule has 41 heavy (non-hydrogen) atoms. The molecule has 0 bridgehead atoms. The SMILES string of the molecule is CCCCCCCCC(=O)N(CC(=O)N(Cc1ccccc1)Cc1coc2ccc(C)cc2c1=O)CC1CCCO1. The summed E-state index contributed by atoms with van der Waals surface area (Å²) in [4.78, 5) is 44.0. The Morgan fingerprint density at radius 2 is 1.71 bits per heavy atom. The highest BCUT2D eigenvalue weighted by Gasteiger charge is 2.27. The van der Waals surface area contributed by atoms with Crippen molar-refractivity contribution >= 4 is 22.8 Å². The third kappa shape index (κ3) is 9.02. The van der Waals surface area contributed by atoms with E-state index in [1.165, 1.54) is 25.5 Å². The van der Waals surface area contributed by atoms with Gasteiger partial charge in [-0.25, -0.2) is 0 Å². The van der Waals surface area contributed by atoms with E-state index in [1.807, 2.05) is 49.4 Å². The maximum absolute atomic E-state index is 13.9. The van der Waals surface area contributed by atoms with E-state index in [4.69, 9.17) is 9.15 Å². The fourth-order valence-electron chi connectivity index (χ4n) is 5.40. The van der Waals surface area contributed by atoms with Gasteiger partial charge >= 0.3 is 0 Å². The normalized spacial score (nSPS) is 14.8. The van der Waals surface area contributed by atoms with Crippen LogP contribution in [0.1, 0.15) is 81.4 Å². The molecular formula is C34H44N2O5. The second-order valence-electron chi connectivity index (χ2n) is 11.3. The lowest BCUT2D eigenvalue weighted by molar-refractivity contribution is -0.142. The Morgan fingerprint density at radius 3 is 2.46 bits per heavy atom. The van der Waals surface area contributed by atoms with E-state index < -0.39 is 0 Å². The average Bonchev–Trinajstić information content (AvgIpc) is 3.49. The van der Waals surface area contributed by atoms with Crippen molar-refractivity contribution in [2.45, 2.75) is 90.8 Å². The first-order valence-corrected chi connectivity index (χ1v) is 15.2. The predicted molar refractivity (Wildman–Crippen MR) is 161 cm³/mol. The Bertz CT molecular complexity index is 1330. The minimum atomic E-state index is -0.202. The molecule has 7 heteroatoms. The van der Waals surface area contributed by atoms with Crippen molar-refractivity contribution in [3.8, 4) is 0 Å². The van der Waals surface area contributed by atoms with Crippen LogP contribution in [0.4, 0.5) is 0 Å². The molecule has 2 heterocycles. The Labute approximate surface area is 243 Å². The van der Waals surface area contributed by atoms with Gasteiger partial charge in [0.15, 0.2) is 5.43 Å². The number of carbonyl (C=O) groups excluding carboxylic acids is 2. The van der Waals surface area contributed by atoms with Gasteiger partial charge in [0.2, 0.25) is 11.8 Å². The van der Waals surface area contributed by atoms with Crippen molar-refractivity contribution < 1.29 is 18.7 Å². The number of carbonyl (C=O) groups is 2. The Hall–Kier alpha value is -3.45. The van der Waals surface area contributed by atoms with Crippen molar-refractivity contribution in [1.29, 1.82) is 0 Å². The number of fused-ring (bicyclic) bond motifs is 1. The van der Waals surface area contributed by atoms with Gasteiger partial charge in [-0.1, -0.05) is 81.0 Å². The Kier molecular flexibility index (Phi) is 11.6. The van der Waals surface area contributed by atoms with Crippen LogP contribution in [0, 0.1) is 6.92 Å². The molecule has 0 aliphatic carbocycles. The minimum Gasteiger partial charge on any atom is -0.464 e. The molecule has 3 aromatic rings. The van der Waals surface area contributed by atoms with Gasteiger partial charge in [0.05, 0.1) is 36.4 Å². The number of hydrogen-bond acceptors (Lipinski definition) is 5. The maximum atomic E-state index is 13.9. The van der Waals surface area contributed by atoms with E-state index in [1.54, 1.807) is 15.9 Å². The molecule has 1 aromatic heterocycles. The second kappa shape index (κ2) is 15.5. The minimum absolute atomic E-state index is 0.00954. The highest BCUT2D eigenvalue weighted by Crippen LogP contribution is 2.18. The van der Waals surface area contributed by atoms with Gasteiger partial charge in [-0.15, -0.1) is 0 Å². The van der Waals surface area contributed by atoms with Crippen LogP contribution in [-0.2, 0) is 27.4 Å². The van der Waals surface area contributed by atoms with E-state index in [0.717, 1.165) is 43.2 Å². The van der Waals surface area contributed by atoms with Gasteiger partial charge in [-0.3, -0.25) is 14.4 Å². The lowest BCUT2D eigenvalue weighted by Crippen LogP contribution is -2.45. The van der Waals surface area contributed by atoms with E-state index in [-0.39, 0.29) is 36.4 Å². The van der Waals surface area contributed by atoms with Gasteiger partial charge in [0.25, 0.3) is 0 Å². The molecule has 1 aliphatic heterocycles. The van der Waals surface area contributed by atoms with Crippen LogP contribution in [0.5, 0.6) is 0 Å². The van der Waals surface area contributed by atoms with E-state index in [9.17, 15) is 14.4 Å². The molecule has 220 valence electrons. The quantitative estimate of drug-likeness (QED) is 0.201. The number of nitrogens with zero attached hydrogens (tertiary/aromatic N) is 2. The monoisotopic (exact) mass is 560 g/mol. The molecule has 0 radical (unpaired) electrons. The van der Waals surface area contributed by atoms with Crippen molar-refractivity contribution in [1.82, 2.24) is 9.80 Å². The molecule has 0 saturated carbocycles. The van der Waals surface area contributed by atoms with Crippen molar-refractivity contribution in [3.63, 3.8) is 0 Å². The molecule has 1 unspecified atom stereocenters. The number of hydrogen-bond donors (Lipinski definition) is 0. The summed E-state index contributed by atoms with van der Waals surface area (Å²) in [7, 11) is 0. The third-order valence-corrected chi connectivity index (χ3v) is 7.80. The predicted octanol–water partition coefficient (Wildman–Crippen LogP) is 6.39. The summed E-state index contributed by atoms with van der Waals surface area (Å²) in [6, 6.07) is 15.2. The Morgan fingerprint density at radius 1 is 0.927 bits per heavy atom. The molecule has 0 N–H and O–H groups in total. The summed E-state index contributed by atoms with van der Waals surface area (Å²) >= 11 is 0. The fourth-order valence-corrected chi connectivity index (χ4v) is 5.40. The van der Waals surface area contributed by atoms with Crippen LogP contribution < -0.4 is 5.43 Å². The smallest absolute Gasteiger partial charge is 0.242 e. The topological polar surface area (TPSA) is 80.1 Å². The molecule has 1 aliphatic rings. The number of benzene rings is 2. The zero-order valence-corrected chi connectivity index (χ0v) is 24.6. The molecule has 0 spiro atoms. The summed E-state index contributed by atoms with van der Waals surface area (Å²) < 4.78 is 11.6. The summed E-state index contributed by atoms with van der Waals surface area (Å²) in [6.07, 6.45) is 10.3. The average molecular weight is 561 g/mol. The van der Waals surface area contributed by atoms with Crippen LogP contribution in [0.25, 0.3) is 11.0 Å². The molecular weight excluding hydrogens is 516 g/mol. The van der Waals surface area contributed by atoms with Gasteiger partial charge in [-0.05, 0) is 43.9 Å². The van der Waals surface area contributed by atoms with Crippen molar-refractivity contribution in [2.75, 3.05) is 19.7 Å². The molecule has 1 atom stereocenters. The summed E-state index contributed by atoms with van der Waals surface area (Å²) in [5.74, 6) is -0.211. The van der Waals surface area contributed by atoms with Gasteiger partial charge in [-0.2, -0.15) is 0 Å². The zero-order valence-electron chi connectivity index (χ0n) is 24.6. The molecule has 1 saturated heterocycles. The number of amides is 2. The lowest BCUT2D eigenvalue weighted by Gasteiger charge is -2.29. The largest absolute Gasteiger partial charge is 0.464 e. The van der Waals surface area contributed by atoms with Crippen LogP contribution in [-0.4, -0.2) is 47.4 Å². The lowest BCUT2D eigenvalue weighted by atomic mass is 10.1. The standard InChI is InChI=1S/C34H44N2O5/c1-3-4-5-6-7-11-16-32(37)36(23-29-15-12-19-40-29)24-33(38)35(21-27-13-9-8-10-14-27)22-28-25-41-31-18-17-26(2)20-30(31)34(28)39/h8-10,13-14,17-18,20,25,29H,3-7,11-12,15-16,19,21-24H2,1-2H3. The Balaban J connectivity index is 1.51. The highest BCUT2D eigenvalue weighted by atomic mass is 16.5. The summed E-state index contributed by atoms with van der Waals surface area (Å²) in [6.45, 7) is 5.61. The second-order valence-corrected chi connectivity index (χ2v) is 11.3. The third-order valence-electron chi connectivity index (χ3n) is 7.80. The van der Waals surface area contributed by atoms with Crippen LogP contribution >= 0.6 is 0 Å². The zero-order chi connectivity index (χ0) is 29.0. The summed E-state index contributed by atoms with van der Waals surface area (Å²) in [5, 5.41) is 0.503. The molecule has 2 aromatic carbocycles. The van der Waals surface area contributed by atoms with Crippen LogP contribution in [0.2, 0.25) is 0 Å². The van der Waals surface area contributed by atoms with Gasteiger partial charge in [0.1, 0.15) is 5.58 Å².